The van der Waals surface area contributed by atoms with Gasteiger partial charge in [-0.2, -0.15) is 0 Å². The minimum atomic E-state index is -0.480. The highest BCUT2D eigenvalue weighted by Gasteiger charge is 2.22. The number of anilines is 1. The van der Waals surface area contributed by atoms with Gasteiger partial charge in [0.05, 0.1) is 10.5 Å². The molecule has 1 aliphatic rings. The molecule has 0 bridgehead atoms. The van der Waals surface area contributed by atoms with Crippen LogP contribution in [-0.4, -0.2) is 31.0 Å². The smallest absolute Gasteiger partial charge is 0.270 e. The zero-order chi connectivity index (χ0) is 14.7. The fraction of sp³-hybridized carbons (Fsp3) is 0.500. The molecule has 0 aliphatic heterocycles. The van der Waals surface area contributed by atoms with Gasteiger partial charge in [0, 0.05) is 38.0 Å². The number of non-ortho nitro benzene ring substituents is 1. The highest BCUT2D eigenvalue weighted by atomic mass is 16.6. The van der Waals surface area contributed by atoms with Crippen LogP contribution >= 0.6 is 0 Å². The maximum Gasteiger partial charge on any atom is 0.270 e. The average Bonchev–Trinajstić information content (AvgIpc) is 2.90. The van der Waals surface area contributed by atoms with Crippen molar-refractivity contribution in [3.05, 3.63) is 33.9 Å². The molecular formula is C14H19N3O3. The summed E-state index contributed by atoms with van der Waals surface area (Å²) in [6.07, 6.45) is 4.22. The zero-order valence-corrected chi connectivity index (χ0v) is 11.8. The second-order valence-electron chi connectivity index (χ2n) is 5.31. The number of hydrogen-bond donors (Lipinski definition) is 1. The summed E-state index contributed by atoms with van der Waals surface area (Å²) in [5.41, 5.74) is 0.981. The lowest BCUT2D eigenvalue weighted by Crippen LogP contribution is -2.33. The first-order chi connectivity index (χ1) is 9.49. The molecule has 1 fully saturated rings. The predicted octanol–water partition coefficient (Wildman–Crippen LogP) is 2.33. The molecule has 0 saturated heterocycles. The van der Waals surface area contributed by atoms with Crippen LogP contribution in [0.3, 0.4) is 0 Å². The van der Waals surface area contributed by atoms with Gasteiger partial charge in [0.1, 0.15) is 0 Å². The van der Waals surface area contributed by atoms with Crippen molar-refractivity contribution in [1.82, 2.24) is 5.32 Å². The van der Waals surface area contributed by atoms with Gasteiger partial charge in [0.2, 0.25) is 0 Å². The molecule has 6 heteroatoms. The Bertz CT molecular complexity index is 522. The van der Waals surface area contributed by atoms with E-state index in [1.807, 2.05) is 14.1 Å². The summed E-state index contributed by atoms with van der Waals surface area (Å²) in [6.45, 7) is 0. The lowest BCUT2D eigenvalue weighted by Gasteiger charge is -2.18. The number of benzene rings is 1. The summed E-state index contributed by atoms with van der Waals surface area (Å²) in [4.78, 5) is 24.5. The van der Waals surface area contributed by atoms with Crippen LogP contribution in [0.25, 0.3) is 0 Å². The maximum atomic E-state index is 12.3. The minimum Gasteiger partial charge on any atom is -0.377 e. The van der Waals surface area contributed by atoms with Crippen LogP contribution < -0.4 is 10.2 Å². The van der Waals surface area contributed by atoms with Crippen molar-refractivity contribution < 1.29 is 9.72 Å². The fourth-order valence-electron chi connectivity index (χ4n) is 2.54. The lowest BCUT2D eigenvalue weighted by atomic mass is 10.1. The number of nitro benzene ring substituents is 1. The first-order valence-electron chi connectivity index (χ1n) is 6.75. The third-order valence-electron chi connectivity index (χ3n) is 3.61. The molecule has 20 heavy (non-hydrogen) atoms. The summed E-state index contributed by atoms with van der Waals surface area (Å²) in [6, 6.07) is 4.57. The Kier molecular flexibility index (Phi) is 4.22. The monoisotopic (exact) mass is 277 g/mol. The van der Waals surface area contributed by atoms with E-state index in [0.717, 1.165) is 25.7 Å². The van der Waals surface area contributed by atoms with Crippen molar-refractivity contribution >= 4 is 17.3 Å². The number of nitrogens with zero attached hydrogens (tertiary/aromatic N) is 2. The van der Waals surface area contributed by atoms with Gasteiger partial charge in [0.25, 0.3) is 11.6 Å². The van der Waals surface area contributed by atoms with Gasteiger partial charge in [-0.15, -0.1) is 0 Å². The number of nitrogens with one attached hydrogen (secondary N) is 1. The average molecular weight is 277 g/mol. The van der Waals surface area contributed by atoms with Crippen LogP contribution in [0.2, 0.25) is 0 Å². The predicted molar refractivity (Wildman–Crippen MR) is 77.1 cm³/mol. The summed E-state index contributed by atoms with van der Waals surface area (Å²) in [5, 5.41) is 13.8. The molecule has 1 aliphatic carbocycles. The van der Waals surface area contributed by atoms with E-state index < -0.39 is 4.92 Å². The quantitative estimate of drug-likeness (QED) is 0.677. The number of carbonyl (C=O) groups excluding carboxylic acids is 1. The molecule has 0 unspecified atom stereocenters. The molecule has 108 valence electrons. The Morgan fingerprint density at radius 3 is 2.55 bits per heavy atom. The van der Waals surface area contributed by atoms with E-state index in [0.29, 0.717) is 11.3 Å². The number of rotatable bonds is 4. The highest BCUT2D eigenvalue weighted by molar-refractivity contribution is 6.00. The van der Waals surface area contributed by atoms with Gasteiger partial charge in [-0.3, -0.25) is 14.9 Å². The van der Waals surface area contributed by atoms with Crippen molar-refractivity contribution in [1.29, 1.82) is 0 Å². The Morgan fingerprint density at radius 1 is 1.35 bits per heavy atom. The van der Waals surface area contributed by atoms with E-state index in [1.165, 1.54) is 12.1 Å². The Hall–Kier alpha value is -2.11. The second kappa shape index (κ2) is 5.90. The molecule has 2 rings (SSSR count). The molecule has 6 nitrogen and oxygen atoms in total. The van der Waals surface area contributed by atoms with Crippen LogP contribution in [0.4, 0.5) is 11.4 Å². The molecule has 0 aromatic heterocycles. The molecule has 1 amide bonds. The van der Waals surface area contributed by atoms with Crippen LogP contribution in [0.15, 0.2) is 18.2 Å². The number of hydrogen-bond acceptors (Lipinski definition) is 4. The van der Waals surface area contributed by atoms with Crippen molar-refractivity contribution in [2.75, 3.05) is 19.0 Å². The van der Waals surface area contributed by atoms with Crippen LogP contribution in [0.1, 0.15) is 36.0 Å². The molecule has 0 atom stereocenters. The molecular weight excluding hydrogens is 258 g/mol. The molecule has 1 saturated carbocycles. The van der Waals surface area contributed by atoms with Gasteiger partial charge in [-0.25, -0.2) is 0 Å². The van der Waals surface area contributed by atoms with Gasteiger partial charge >= 0.3 is 0 Å². The van der Waals surface area contributed by atoms with Gasteiger partial charge < -0.3 is 10.2 Å². The van der Waals surface area contributed by atoms with E-state index in [2.05, 4.69) is 5.32 Å². The fourth-order valence-corrected chi connectivity index (χ4v) is 2.54. The van der Waals surface area contributed by atoms with E-state index in [-0.39, 0.29) is 17.6 Å². The van der Waals surface area contributed by atoms with Gasteiger partial charge in [0.15, 0.2) is 0 Å². The Labute approximate surface area is 117 Å². The summed E-state index contributed by atoms with van der Waals surface area (Å²) in [5.74, 6) is -0.232. The first-order valence-corrected chi connectivity index (χ1v) is 6.75. The van der Waals surface area contributed by atoms with Crippen LogP contribution in [0, 0.1) is 10.1 Å². The van der Waals surface area contributed by atoms with Crippen molar-refractivity contribution in [2.24, 2.45) is 0 Å². The molecule has 1 N–H and O–H groups in total. The topological polar surface area (TPSA) is 75.5 Å². The summed E-state index contributed by atoms with van der Waals surface area (Å²) < 4.78 is 0. The normalized spacial score (nSPS) is 15.1. The molecule has 0 spiro atoms. The standard InChI is InChI=1S/C14H19N3O3/c1-16(2)13-8-7-11(17(19)20)9-12(13)14(18)15-10-5-3-4-6-10/h7-10H,3-6H2,1-2H3,(H,15,18). The summed E-state index contributed by atoms with van der Waals surface area (Å²) >= 11 is 0. The molecule has 1 aromatic carbocycles. The first kappa shape index (κ1) is 14.3. The van der Waals surface area contributed by atoms with E-state index in [1.54, 1.807) is 11.0 Å². The van der Waals surface area contributed by atoms with E-state index in [9.17, 15) is 14.9 Å². The van der Waals surface area contributed by atoms with E-state index in [4.69, 9.17) is 0 Å². The van der Waals surface area contributed by atoms with Crippen LogP contribution in [0.5, 0.6) is 0 Å². The Balaban J connectivity index is 2.28. The van der Waals surface area contributed by atoms with Gasteiger partial charge in [-0.05, 0) is 18.9 Å². The molecule has 1 aromatic rings. The van der Waals surface area contributed by atoms with E-state index >= 15 is 0 Å². The van der Waals surface area contributed by atoms with Crippen molar-refractivity contribution in [3.63, 3.8) is 0 Å². The number of nitro groups is 1. The lowest BCUT2D eigenvalue weighted by molar-refractivity contribution is -0.384. The third kappa shape index (κ3) is 3.07. The van der Waals surface area contributed by atoms with Gasteiger partial charge in [-0.1, -0.05) is 12.8 Å². The maximum absolute atomic E-state index is 12.3. The highest BCUT2D eigenvalue weighted by Crippen LogP contribution is 2.25. The van der Waals surface area contributed by atoms with Crippen molar-refractivity contribution in [3.8, 4) is 0 Å². The van der Waals surface area contributed by atoms with Crippen molar-refractivity contribution in [2.45, 2.75) is 31.7 Å². The minimum absolute atomic E-state index is 0.0628. The SMILES string of the molecule is CN(C)c1ccc([N+](=O)[O-])cc1C(=O)NC1CCCC1. The van der Waals surface area contributed by atoms with Crippen LogP contribution in [-0.2, 0) is 0 Å². The Morgan fingerprint density at radius 2 is 2.00 bits per heavy atom. The molecule has 0 radical (unpaired) electrons. The number of amides is 1. The zero-order valence-electron chi connectivity index (χ0n) is 11.8. The molecule has 0 heterocycles. The third-order valence-corrected chi connectivity index (χ3v) is 3.61. The second-order valence-corrected chi connectivity index (χ2v) is 5.31. The number of carbonyl (C=O) groups is 1. The summed E-state index contributed by atoms with van der Waals surface area (Å²) in [7, 11) is 3.63. The largest absolute Gasteiger partial charge is 0.377 e.